The van der Waals surface area contributed by atoms with Gasteiger partial charge in [0, 0.05) is 22.7 Å². The molecule has 2 N–H and O–H groups in total. The van der Waals surface area contributed by atoms with E-state index in [0.29, 0.717) is 27.9 Å². The monoisotopic (exact) mass is 329 g/mol. The molecule has 1 unspecified atom stereocenters. The number of hydrogen-bond acceptors (Lipinski definition) is 2. The van der Waals surface area contributed by atoms with Crippen molar-refractivity contribution in [3.8, 4) is 0 Å². The van der Waals surface area contributed by atoms with E-state index in [1.54, 1.807) is 31.2 Å². The van der Waals surface area contributed by atoms with Crippen molar-refractivity contribution < 1.29 is 9.90 Å². The van der Waals surface area contributed by atoms with Gasteiger partial charge in [-0.05, 0) is 49.1 Å². The van der Waals surface area contributed by atoms with Gasteiger partial charge in [0.05, 0.1) is 5.60 Å². The molecule has 0 aliphatic rings. The second kappa shape index (κ2) is 7.83. The van der Waals surface area contributed by atoms with Crippen LogP contribution in [0.25, 0.3) is 6.08 Å². The maximum Gasteiger partial charge on any atom is 0.244 e. The molecule has 0 radical (unpaired) electrons. The summed E-state index contributed by atoms with van der Waals surface area (Å²) < 4.78 is 0. The zero-order chi connectivity index (χ0) is 16.0. The molecular formula is C16H21Cl2NO2. The summed E-state index contributed by atoms with van der Waals surface area (Å²) in [4.78, 5) is 11.8. The van der Waals surface area contributed by atoms with Gasteiger partial charge in [0.1, 0.15) is 0 Å². The standard InChI is InChI=1S/C16H21Cl2NO2/c1-11(2)9-16(3,21)10-19-15(20)7-4-12-8-13(17)5-6-14(12)18/h4-8,11,21H,9-10H2,1-3H3,(H,19,20). The molecule has 0 fully saturated rings. The molecule has 116 valence electrons. The Morgan fingerprint density at radius 3 is 2.71 bits per heavy atom. The van der Waals surface area contributed by atoms with Crippen molar-refractivity contribution in [2.45, 2.75) is 32.8 Å². The minimum Gasteiger partial charge on any atom is -0.388 e. The molecule has 0 saturated carbocycles. The van der Waals surface area contributed by atoms with E-state index in [9.17, 15) is 9.90 Å². The van der Waals surface area contributed by atoms with Crippen LogP contribution in [0.2, 0.25) is 10.0 Å². The molecule has 0 heterocycles. The van der Waals surface area contributed by atoms with Crippen LogP contribution in [0.1, 0.15) is 32.8 Å². The molecule has 1 atom stereocenters. The lowest BCUT2D eigenvalue weighted by molar-refractivity contribution is -0.117. The number of nitrogens with one attached hydrogen (secondary N) is 1. The molecular weight excluding hydrogens is 309 g/mol. The highest BCUT2D eigenvalue weighted by Crippen LogP contribution is 2.21. The molecule has 0 saturated heterocycles. The van der Waals surface area contributed by atoms with E-state index in [4.69, 9.17) is 23.2 Å². The first-order chi connectivity index (χ1) is 9.69. The first-order valence-electron chi connectivity index (χ1n) is 6.83. The largest absolute Gasteiger partial charge is 0.388 e. The first-order valence-corrected chi connectivity index (χ1v) is 7.58. The number of rotatable bonds is 6. The molecule has 3 nitrogen and oxygen atoms in total. The highest BCUT2D eigenvalue weighted by atomic mass is 35.5. The fraction of sp³-hybridized carbons (Fsp3) is 0.438. The normalized spacial score (nSPS) is 14.4. The lowest BCUT2D eigenvalue weighted by atomic mass is 9.94. The minimum atomic E-state index is -0.911. The Bertz CT molecular complexity index is 525. The molecule has 0 spiro atoms. The minimum absolute atomic E-state index is 0.206. The SMILES string of the molecule is CC(C)CC(C)(O)CNC(=O)C=Cc1cc(Cl)ccc1Cl. The van der Waals surface area contributed by atoms with Crippen LogP contribution in [-0.2, 0) is 4.79 Å². The van der Waals surface area contributed by atoms with Gasteiger partial charge >= 0.3 is 0 Å². The molecule has 1 rings (SSSR count). The van der Waals surface area contributed by atoms with Gasteiger partial charge in [-0.3, -0.25) is 4.79 Å². The average molecular weight is 330 g/mol. The van der Waals surface area contributed by atoms with Crippen molar-refractivity contribution in [2.75, 3.05) is 6.54 Å². The van der Waals surface area contributed by atoms with Crippen molar-refractivity contribution in [3.63, 3.8) is 0 Å². The first kappa shape index (κ1) is 18.0. The predicted octanol–water partition coefficient (Wildman–Crippen LogP) is 3.92. The van der Waals surface area contributed by atoms with Crippen LogP contribution in [0, 0.1) is 5.92 Å². The smallest absolute Gasteiger partial charge is 0.244 e. The van der Waals surface area contributed by atoms with E-state index in [-0.39, 0.29) is 12.5 Å². The van der Waals surface area contributed by atoms with E-state index < -0.39 is 5.60 Å². The Morgan fingerprint density at radius 2 is 2.10 bits per heavy atom. The van der Waals surface area contributed by atoms with Crippen LogP contribution >= 0.6 is 23.2 Å². The zero-order valence-corrected chi connectivity index (χ0v) is 14.0. The van der Waals surface area contributed by atoms with E-state index in [1.165, 1.54) is 6.08 Å². The number of carbonyl (C=O) groups is 1. The molecule has 5 heteroatoms. The maximum absolute atomic E-state index is 11.8. The van der Waals surface area contributed by atoms with E-state index in [0.717, 1.165) is 0 Å². The van der Waals surface area contributed by atoms with Crippen molar-refractivity contribution in [1.29, 1.82) is 0 Å². The fourth-order valence-corrected chi connectivity index (χ4v) is 2.46. The van der Waals surface area contributed by atoms with Crippen LogP contribution < -0.4 is 5.32 Å². The summed E-state index contributed by atoms with van der Waals surface area (Å²) in [5.41, 5.74) is -0.237. The van der Waals surface area contributed by atoms with Crippen LogP contribution in [-0.4, -0.2) is 23.2 Å². The summed E-state index contributed by atoms with van der Waals surface area (Å²) in [6.07, 6.45) is 3.60. The Kier molecular flexibility index (Phi) is 6.72. The van der Waals surface area contributed by atoms with Crippen LogP contribution in [0.3, 0.4) is 0 Å². The van der Waals surface area contributed by atoms with Crippen LogP contribution in [0.5, 0.6) is 0 Å². The Labute approximate surface area is 136 Å². The molecule has 1 aromatic carbocycles. The Balaban J connectivity index is 2.57. The average Bonchev–Trinajstić information content (AvgIpc) is 2.36. The van der Waals surface area contributed by atoms with Gasteiger partial charge in [0.2, 0.25) is 5.91 Å². The van der Waals surface area contributed by atoms with Crippen LogP contribution in [0.4, 0.5) is 0 Å². The van der Waals surface area contributed by atoms with Gasteiger partial charge in [0.15, 0.2) is 0 Å². The van der Waals surface area contributed by atoms with Crippen molar-refractivity contribution in [3.05, 3.63) is 39.9 Å². The van der Waals surface area contributed by atoms with Gasteiger partial charge in [-0.15, -0.1) is 0 Å². The van der Waals surface area contributed by atoms with Gasteiger partial charge in [-0.25, -0.2) is 0 Å². The van der Waals surface area contributed by atoms with E-state index in [1.807, 2.05) is 13.8 Å². The lowest BCUT2D eigenvalue weighted by Gasteiger charge is -2.25. The Morgan fingerprint density at radius 1 is 1.43 bits per heavy atom. The lowest BCUT2D eigenvalue weighted by Crippen LogP contribution is -2.40. The number of carbonyl (C=O) groups excluding carboxylic acids is 1. The van der Waals surface area contributed by atoms with Crippen molar-refractivity contribution in [1.82, 2.24) is 5.32 Å². The molecule has 0 aliphatic heterocycles. The fourth-order valence-electron chi connectivity index (χ4n) is 2.10. The van der Waals surface area contributed by atoms with Gasteiger partial charge in [0.25, 0.3) is 0 Å². The quantitative estimate of drug-likeness (QED) is 0.777. The highest BCUT2D eigenvalue weighted by molar-refractivity contribution is 6.34. The molecule has 0 aromatic heterocycles. The van der Waals surface area contributed by atoms with E-state index in [2.05, 4.69) is 5.32 Å². The summed E-state index contributed by atoms with van der Waals surface area (Å²) in [5.74, 6) is 0.0767. The summed E-state index contributed by atoms with van der Waals surface area (Å²) in [6.45, 7) is 5.97. The van der Waals surface area contributed by atoms with E-state index >= 15 is 0 Å². The summed E-state index contributed by atoms with van der Waals surface area (Å²) >= 11 is 11.9. The van der Waals surface area contributed by atoms with Gasteiger partial charge < -0.3 is 10.4 Å². The number of aliphatic hydroxyl groups is 1. The third-order valence-corrected chi connectivity index (χ3v) is 3.44. The van der Waals surface area contributed by atoms with Gasteiger partial charge in [-0.1, -0.05) is 37.0 Å². The number of amides is 1. The van der Waals surface area contributed by atoms with Crippen LogP contribution in [0.15, 0.2) is 24.3 Å². The number of benzene rings is 1. The highest BCUT2D eigenvalue weighted by Gasteiger charge is 2.21. The molecule has 0 bridgehead atoms. The third-order valence-electron chi connectivity index (χ3n) is 2.86. The molecule has 21 heavy (non-hydrogen) atoms. The topological polar surface area (TPSA) is 49.3 Å². The predicted molar refractivity (Wildman–Crippen MR) is 88.6 cm³/mol. The maximum atomic E-state index is 11.8. The number of halogens is 2. The van der Waals surface area contributed by atoms with Gasteiger partial charge in [-0.2, -0.15) is 0 Å². The van der Waals surface area contributed by atoms with Crippen molar-refractivity contribution >= 4 is 35.2 Å². The second-order valence-electron chi connectivity index (χ2n) is 5.81. The third kappa shape index (κ3) is 6.98. The Hall–Kier alpha value is -1.03. The summed E-state index contributed by atoms with van der Waals surface area (Å²) in [7, 11) is 0. The second-order valence-corrected chi connectivity index (χ2v) is 6.66. The van der Waals surface area contributed by atoms with Crippen molar-refractivity contribution in [2.24, 2.45) is 5.92 Å². The molecule has 1 aromatic rings. The molecule has 0 aliphatic carbocycles. The summed E-state index contributed by atoms with van der Waals surface area (Å²) in [6, 6.07) is 5.04. The zero-order valence-electron chi connectivity index (χ0n) is 12.5. The summed E-state index contributed by atoms with van der Waals surface area (Å²) in [5, 5.41) is 13.9. The number of hydrogen-bond donors (Lipinski definition) is 2. The molecule has 1 amide bonds.